The molecule has 0 aromatic heterocycles. The average Bonchev–Trinajstić information content (AvgIpc) is 2.26. The molecule has 0 heterocycles. The highest BCUT2D eigenvalue weighted by Crippen LogP contribution is 2.47. The summed E-state index contributed by atoms with van der Waals surface area (Å²) in [7, 11) is 0. The van der Waals surface area contributed by atoms with Gasteiger partial charge in [0.1, 0.15) is 5.60 Å². The maximum absolute atomic E-state index is 12.2. The Balaban J connectivity index is 2.38. The summed E-state index contributed by atoms with van der Waals surface area (Å²) in [6.45, 7) is 8.17. The van der Waals surface area contributed by atoms with Crippen LogP contribution in [0.3, 0.4) is 0 Å². The van der Waals surface area contributed by atoms with Gasteiger partial charge in [0.05, 0.1) is 6.10 Å². The predicted octanol–water partition coefficient (Wildman–Crippen LogP) is 1.86. The molecule has 0 amide bonds. The summed E-state index contributed by atoms with van der Waals surface area (Å²) in [5.74, 6) is -0.469. The molecular weight excluding hydrogens is 216 g/mol. The van der Waals surface area contributed by atoms with Crippen LogP contribution in [-0.4, -0.2) is 29.2 Å². The van der Waals surface area contributed by atoms with Gasteiger partial charge >= 0.3 is 0 Å². The molecule has 0 aromatic carbocycles. The Hall–Kier alpha value is -0.930. The van der Waals surface area contributed by atoms with E-state index in [0.29, 0.717) is 19.4 Å². The van der Waals surface area contributed by atoms with Crippen LogP contribution in [0.1, 0.15) is 26.7 Å². The molecule has 0 radical (unpaired) electrons. The van der Waals surface area contributed by atoms with Crippen molar-refractivity contribution in [3.8, 4) is 0 Å². The van der Waals surface area contributed by atoms with E-state index < -0.39 is 5.60 Å². The van der Waals surface area contributed by atoms with E-state index in [2.05, 4.69) is 6.58 Å². The summed E-state index contributed by atoms with van der Waals surface area (Å²) in [5.41, 5.74) is -0.229. The van der Waals surface area contributed by atoms with E-state index >= 15 is 0 Å². The second-order valence-electron chi connectivity index (χ2n) is 5.01. The molecule has 4 atom stereocenters. The third-order valence-electron chi connectivity index (χ3n) is 3.93. The normalized spacial score (nSPS) is 40.3. The highest BCUT2D eigenvalue weighted by molar-refractivity contribution is 5.94. The number of aliphatic hydroxyl groups is 1. The molecular formula is C14H20O3. The second kappa shape index (κ2) is 4.39. The van der Waals surface area contributed by atoms with Gasteiger partial charge in [0.15, 0.2) is 5.78 Å². The van der Waals surface area contributed by atoms with Crippen molar-refractivity contribution in [2.75, 3.05) is 6.61 Å². The second-order valence-corrected chi connectivity index (χ2v) is 5.01. The van der Waals surface area contributed by atoms with Crippen LogP contribution >= 0.6 is 0 Å². The van der Waals surface area contributed by atoms with E-state index in [1.54, 1.807) is 6.08 Å². The fraction of sp³-hybridized carbons (Fsp3) is 0.643. The number of carbonyl (C=O) groups is 1. The molecule has 1 saturated carbocycles. The van der Waals surface area contributed by atoms with Crippen molar-refractivity contribution < 1.29 is 14.6 Å². The minimum Gasteiger partial charge on any atom is -0.381 e. The number of rotatable bonds is 4. The minimum absolute atomic E-state index is 0.0438. The Morgan fingerprint density at radius 2 is 2.41 bits per heavy atom. The summed E-state index contributed by atoms with van der Waals surface area (Å²) in [6.07, 6.45) is 4.57. The molecule has 94 valence electrons. The standard InChI is InChI=1S/C14H20O3/c1-4-6-14(16)12-9(3)7-10(13(14)15)8-11(12)17-5-2/h4,7,10-12,16H,1,5-6,8H2,2-3H3/t10-,11+,12+,14-/m1/s1. The molecule has 1 N–H and O–H groups in total. The maximum atomic E-state index is 12.2. The molecule has 3 rings (SSSR count). The van der Waals surface area contributed by atoms with Gasteiger partial charge in [-0.15, -0.1) is 6.58 Å². The molecule has 0 unspecified atom stereocenters. The summed E-state index contributed by atoms with van der Waals surface area (Å²) < 4.78 is 5.69. The Morgan fingerprint density at radius 1 is 1.71 bits per heavy atom. The number of carbonyl (C=O) groups excluding carboxylic acids is 1. The third kappa shape index (κ3) is 1.78. The summed E-state index contributed by atoms with van der Waals surface area (Å²) in [4.78, 5) is 12.2. The molecule has 3 nitrogen and oxygen atoms in total. The first-order valence-electron chi connectivity index (χ1n) is 6.22. The molecule has 3 aliphatic carbocycles. The van der Waals surface area contributed by atoms with Crippen LogP contribution < -0.4 is 0 Å². The number of hydrogen-bond acceptors (Lipinski definition) is 3. The van der Waals surface area contributed by atoms with E-state index in [-0.39, 0.29) is 23.7 Å². The molecule has 3 heteroatoms. The SMILES string of the molecule is C=CC[C@]1(O)C(=O)[C@@H]2C=C(C)[C@H]1[C@@H](OCC)C2. The highest BCUT2D eigenvalue weighted by atomic mass is 16.5. The Kier molecular flexibility index (Phi) is 3.23. The van der Waals surface area contributed by atoms with Crippen LogP contribution in [0.25, 0.3) is 0 Å². The van der Waals surface area contributed by atoms with E-state index in [1.165, 1.54) is 0 Å². The maximum Gasteiger partial charge on any atom is 0.172 e. The molecule has 1 fully saturated rings. The van der Waals surface area contributed by atoms with Gasteiger partial charge in [0.2, 0.25) is 0 Å². The van der Waals surface area contributed by atoms with Crippen molar-refractivity contribution in [1.82, 2.24) is 0 Å². The van der Waals surface area contributed by atoms with Crippen LogP contribution in [0.5, 0.6) is 0 Å². The van der Waals surface area contributed by atoms with Crippen molar-refractivity contribution >= 4 is 5.78 Å². The van der Waals surface area contributed by atoms with Crippen LogP contribution in [0.15, 0.2) is 24.3 Å². The van der Waals surface area contributed by atoms with Crippen molar-refractivity contribution in [1.29, 1.82) is 0 Å². The Bertz CT molecular complexity index is 372. The van der Waals surface area contributed by atoms with Gasteiger partial charge in [-0.25, -0.2) is 0 Å². The fourth-order valence-electron chi connectivity index (χ4n) is 3.34. The van der Waals surface area contributed by atoms with Crippen LogP contribution in [0.4, 0.5) is 0 Å². The van der Waals surface area contributed by atoms with Gasteiger partial charge < -0.3 is 9.84 Å². The Morgan fingerprint density at radius 3 is 3.00 bits per heavy atom. The number of fused-ring (bicyclic) bond motifs is 2. The minimum atomic E-state index is -1.30. The number of ether oxygens (including phenoxy) is 1. The molecule has 0 aromatic rings. The van der Waals surface area contributed by atoms with Gasteiger partial charge in [-0.2, -0.15) is 0 Å². The summed E-state index contributed by atoms with van der Waals surface area (Å²) in [6, 6.07) is 0. The van der Waals surface area contributed by atoms with Gasteiger partial charge in [0, 0.05) is 24.9 Å². The highest BCUT2D eigenvalue weighted by Gasteiger charge is 2.56. The van der Waals surface area contributed by atoms with Crippen molar-refractivity contribution in [2.24, 2.45) is 11.8 Å². The zero-order chi connectivity index (χ0) is 12.6. The lowest BCUT2D eigenvalue weighted by atomic mass is 9.59. The first-order valence-corrected chi connectivity index (χ1v) is 6.22. The zero-order valence-corrected chi connectivity index (χ0v) is 10.5. The van der Waals surface area contributed by atoms with Crippen molar-refractivity contribution in [3.63, 3.8) is 0 Å². The molecule has 0 aliphatic heterocycles. The topological polar surface area (TPSA) is 46.5 Å². The number of ketones is 1. The van der Waals surface area contributed by atoms with Crippen LogP contribution in [-0.2, 0) is 9.53 Å². The van der Waals surface area contributed by atoms with Gasteiger partial charge in [-0.3, -0.25) is 4.79 Å². The molecule has 3 aliphatic rings. The molecule has 17 heavy (non-hydrogen) atoms. The van der Waals surface area contributed by atoms with Crippen molar-refractivity contribution in [3.05, 3.63) is 24.3 Å². The Labute approximate surface area is 102 Å². The number of allylic oxidation sites excluding steroid dienone is 1. The lowest BCUT2D eigenvalue weighted by Crippen LogP contribution is -2.60. The lowest BCUT2D eigenvalue weighted by Gasteiger charge is -2.49. The van der Waals surface area contributed by atoms with E-state index in [4.69, 9.17) is 4.74 Å². The smallest absolute Gasteiger partial charge is 0.172 e. The van der Waals surface area contributed by atoms with Crippen molar-refractivity contribution in [2.45, 2.75) is 38.4 Å². The van der Waals surface area contributed by atoms with Gasteiger partial charge in [0.25, 0.3) is 0 Å². The first kappa shape index (κ1) is 12.5. The third-order valence-corrected chi connectivity index (χ3v) is 3.93. The summed E-state index contributed by atoms with van der Waals surface area (Å²) >= 11 is 0. The van der Waals surface area contributed by atoms with E-state index in [9.17, 15) is 9.90 Å². The van der Waals surface area contributed by atoms with Gasteiger partial charge in [-0.1, -0.05) is 17.7 Å². The quantitative estimate of drug-likeness (QED) is 0.758. The monoisotopic (exact) mass is 236 g/mol. The largest absolute Gasteiger partial charge is 0.381 e. The van der Waals surface area contributed by atoms with Crippen LogP contribution in [0, 0.1) is 11.8 Å². The summed E-state index contributed by atoms with van der Waals surface area (Å²) in [5, 5.41) is 10.7. The molecule has 0 saturated heterocycles. The van der Waals surface area contributed by atoms with Crippen LogP contribution in [0.2, 0.25) is 0 Å². The molecule has 0 spiro atoms. The fourth-order valence-corrected chi connectivity index (χ4v) is 3.34. The lowest BCUT2D eigenvalue weighted by molar-refractivity contribution is -0.166. The number of Topliss-reactive ketones (excluding diaryl/α,β-unsaturated/α-hetero) is 1. The van der Waals surface area contributed by atoms with E-state index in [1.807, 2.05) is 19.9 Å². The predicted molar refractivity (Wildman–Crippen MR) is 65.5 cm³/mol. The zero-order valence-electron chi connectivity index (χ0n) is 10.5. The van der Waals surface area contributed by atoms with Gasteiger partial charge in [-0.05, 0) is 20.3 Å². The first-order chi connectivity index (χ1) is 8.04. The molecule has 2 bridgehead atoms. The average molecular weight is 236 g/mol. The number of hydrogen-bond donors (Lipinski definition) is 1. The van der Waals surface area contributed by atoms with E-state index in [0.717, 1.165) is 5.57 Å².